The first-order valence-electron chi connectivity index (χ1n) is 6.99. The van der Waals surface area contributed by atoms with Crippen LogP contribution in [-0.4, -0.2) is 21.6 Å². The van der Waals surface area contributed by atoms with Gasteiger partial charge in [-0.05, 0) is 30.2 Å². The van der Waals surface area contributed by atoms with E-state index in [-0.39, 0.29) is 16.6 Å². The van der Waals surface area contributed by atoms with Crippen molar-refractivity contribution in [2.45, 2.75) is 44.8 Å². The molecule has 1 heterocycles. The van der Waals surface area contributed by atoms with E-state index in [2.05, 4.69) is 25.8 Å². The SMILES string of the molecule is COc1ccnc([C@@H](C2CC2)C(S(N)=O)C(C)(C)C)c1. The Labute approximate surface area is 123 Å². The van der Waals surface area contributed by atoms with Gasteiger partial charge in [0.15, 0.2) is 0 Å². The lowest BCUT2D eigenvalue weighted by molar-refractivity contribution is 0.327. The molecular weight excluding hydrogens is 272 g/mol. The molecule has 2 N–H and O–H groups in total. The molecule has 0 spiro atoms. The number of pyridine rings is 1. The number of ether oxygens (including phenoxy) is 1. The number of hydrogen-bond acceptors (Lipinski definition) is 3. The van der Waals surface area contributed by atoms with Crippen LogP contribution in [-0.2, 0) is 11.0 Å². The molecule has 0 aliphatic heterocycles. The second-order valence-electron chi connectivity index (χ2n) is 6.60. The highest BCUT2D eigenvalue weighted by atomic mass is 32.2. The van der Waals surface area contributed by atoms with Crippen LogP contribution in [0.2, 0.25) is 0 Å². The van der Waals surface area contributed by atoms with Gasteiger partial charge in [0.05, 0.1) is 23.3 Å². The van der Waals surface area contributed by atoms with Crippen molar-refractivity contribution in [2.75, 3.05) is 7.11 Å². The molecule has 0 radical (unpaired) electrons. The van der Waals surface area contributed by atoms with Crippen LogP contribution in [0.4, 0.5) is 0 Å². The van der Waals surface area contributed by atoms with Gasteiger partial charge in [0.1, 0.15) is 5.75 Å². The lowest BCUT2D eigenvalue weighted by Crippen LogP contribution is -2.40. The summed E-state index contributed by atoms with van der Waals surface area (Å²) >= 11 is 0. The third-order valence-corrected chi connectivity index (χ3v) is 5.39. The first-order chi connectivity index (χ1) is 9.34. The third-order valence-electron chi connectivity index (χ3n) is 3.89. The molecule has 2 rings (SSSR count). The van der Waals surface area contributed by atoms with E-state index in [0.717, 1.165) is 24.3 Å². The van der Waals surface area contributed by atoms with Crippen LogP contribution in [0.3, 0.4) is 0 Å². The van der Waals surface area contributed by atoms with Crippen molar-refractivity contribution in [1.82, 2.24) is 4.98 Å². The molecule has 4 nitrogen and oxygen atoms in total. The Morgan fingerprint density at radius 3 is 2.55 bits per heavy atom. The molecule has 0 saturated heterocycles. The van der Waals surface area contributed by atoms with E-state index in [4.69, 9.17) is 9.88 Å². The first-order valence-corrected chi connectivity index (χ1v) is 8.27. The van der Waals surface area contributed by atoms with E-state index in [0.29, 0.717) is 5.92 Å². The maximum atomic E-state index is 12.1. The number of nitrogens with zero attached hydrogens (tertiary/aromatic N) is 1. The topological polar surface area (TPSA) is 65.2 Å². The smallest absolute Gasteiger partial charge is 0.122 e. The average Bonchev–Trinajstić information content (AvgIpc) is 3.18. The summed E-state index contributed by atoms with van der Waals surface area (Å²) in [6.07, 6.45) is 4.07. The molecule has 0 bridgehead atoms. The van der Waals surface area contributed by atoms with Crippen molar-refractivity contribution in [1.29, 1.82) is 0 Å². The average molecular weight is 296 g/mol. The quantitative estimate of drug-likeness (QED) is 0.908. The number of nitrogens with two attached hydrogens (primary N) is 1. The minimum atomic E-state index is -1.37. The Kier molecular flexibility index (Phi) is 4.49. The summed E-state index contributed by atoms with van der Waals surface area (Å²) in [5.74, 6) is 1.46. The highest BCUT2D eigenvalue weighted by molar-refractivity contribution is 7.83. The van der Waals surface area contributed by atoms with Gasteiger partial charge in [0.25, 0.3) is 0 Å². The molecule has 1 saturated carbocycles. The zero-order valence-electron chi connectivity index (χ0n) is 12.6. The van der Waals surface area contributed by atoms with Crippen LogP contribution < -0.4 is 9.88 Å². The largest absolute Gasteiger partial charge is 0.497 e. The summed E-state index contributed by atoms with van der Waals surface area (Å²) in [6, 6.07) is 3.79. The molecule has 1 aliphatic carbocycles. The van der Waals surface area contributed by atoms with E-state index in [9.17, 15) is 4.21 Å². The van der Waals surface area contributed by atoms with Gasteiger partial charge < -0.3 is 4.74 Å². The van der Waals surface area contributed by atoms with Gasteiger partial charge in [-0.15, -0.1) is 0 Å². The van der Waals surface area contributed by atoms with Crippen molar-refractivity contribution in [3.05, 3.63) is 24.0 Å². The fourth-order valence-electron chi connectivity index (χ4n) is 2.87. The standard InChI is InChI=1S/C15H24N2O2S/c1-15(2,3)14(20(16)18)13(10-5-6-10)12-9-11(19-4)7-8-17-12/h7-10,13-14H,5-6,16H2,1-4H3/t13-,14?,20?/m1/s1. The Bertz CT molecular complexity index is 495. The van der Waals surface area contributed by atoms with Gasteiger partial charge in [-0.2, -0.15) is 0 Å². The van der Waals surface area contributed by atoms with Crippen molar-refractivity contribution < 1.29 is 8.95 Å². The molecule has 0 aromatic carbocycles. The third kappa shape index (κ3) is 3.38. The summed E-state index contributed by atoms with van der Waals surface area (Å²) in [4.78, 5) is 4.50. The number of aromatic nitrogens is 1. The number of hydrogen-bond donors (Lipinski definition) is 1. The van der Waals surface area contributed by atoms with Gasteiger partial charge in [-0.3, -0.25) is 10.1 Å². The van der Waals surface area contributed by atoms with Gasteiger partial charge in [-0.1, -0.05) is 20.8 Å². The fourth-order valence-corrected chi connectivity index (χ4v) is 4.22. The molecule has 1 aromatic rings. The van der Waals surface area contributed by atoms with E-state index >= 15 is 0 Å². The lowest BCUT2D eigenvalue weighted by Gasteiger charge is -2.35. The van der Waals surface area contributed by atoms with Crippen molar-refractivity contribution in [2.24, 2.45) is 16.5 Å². The molecule has 112 valence electrons. The van der Waals surface area contributed by atoms with Crippen molar-refractivity contribution in [3.63, 3.8) is 0 Å². The Hall–Kier alpha value is -0.940. The van der Waals surface area contributed by atoms with Crippen LogP contribution in [0.1, 0.15) is 45.2 Å². The van der Waals surface area contributed by atoms with Crippen LogP contribution in [0.15, 0.2) is 18.3 Å². The summed E-state index contributed by atoms with van der Waals surface area (Å²) in [6.45, 7) is 6.29. The van der Waals surface area contributed by atoms with E-state index in [1.807, 2.05) is 12.1 Å². The second kappa shape index (κ2) is 5.82. The first kappa shape index (κ1) is 15.4. The lowest BCUT2D eigenvalue weighted by atomic mass is 9.80. The zero-order chi connectivity index (χ0) is 14.9. The van der Waals surface area contributed by atoms with Crippen LogP contribution in [0.25, 0.3) is 0 Å². The van der Waals surface area contributed by atoms with Gasteiger partial charge in [0, 0.05) is 23.9 Å². The summed E-state index contributed by atoms with van der Waals surface area (Å²) in [5.41, 5.74) is 0.822. The number of methoxy groups -OCH3 is 1. The van der Waals surface area contributed by atoms with Gasteiger partial charge in [-0.25, -0.2) is 4.21 Å². The molecule has 1 fully saturated rings. The van der Waals surface area contributed by atoms with Crippen LogP contribution in [0.5, 0.6) is 5.75 Å². The monoisotopic (exact) mass is 296 g/mol. The Balaban J connectivity index is 2.41. The molecule has 5 heteroatoms. The Morgan fingerprint density at radius 2 is 2.10 bits per heavy atom. The molecule has 1 aromatic heterocycles. The highest BCUT2D eigenvalue weighted by Crippen LogP contribution is 2.49. The molecule has 20 heavy (non-hydrogen) atoms. The number of rotatable bonds is 5. The maximum Gasteiger partial charge on any atom is 0.122 e. The molecule has 1 aliphatic rings. The van der Waals surface area contributed by atoms with E-state index in [1.165, 1.54) is 0 Å². The van der Waals surface area contributed by atoms with Gasteiger partial charge in [0.2, 0.25) is 0 Å². The van der Waals surface area contributed by atoms with Crippen LogP contribution in [0, 0.1) is 11.3 Å². The van der Waals surface area contributed by atoms with E-state index < -0.39 is 11.0 Å². The predicted molar refractivity (Wildman–Crippen MR) is 81.8 cm³/mol. The van der Waals surface area contributed by atoms with E-state index in [1.54, 1.807) is 13.3 Å². The second-order valence-corrected chi connectivity index (χ2v) is 7.76. The summed E-state index contributed by atoms with van der Waals surface area (Å²) in [5, 5.41) is 5.71. The summed E-state index contributed by atoms with van der Waals surface area (Å²) < 4.78 is 17.4. The Morgan fingerprint density at radius 1 is 1.45 bits per heavy atom. The molecule has 0 amide bonds. The van der Waals surface area contributed by atoms with Crippen LogP contribution >= 0.6 is 0 Å². The predicted octanol–water partition coefficient (Wildman–Crippen LogP) is 2.62. The van der Waals surface area contributed by atoms with Crippen molar-refractivity contribution >= 4 is 11.0 Å². The fraction of sp³-hybridized carbons (Fsp3) is 0.667. The molecular formula is C15H24N2O2S. The normalized spacial score (nSPS) is 20.2. The minimum Gasteiger partial charge on any atom is -0.497 e. The zero-order valence-corrected chi connectivity index (χ0v) is 13.4. The molecule has 3 atom stereocenters. The van der Waals surface area contributed by atoms with Gasteiger partial charge >= 0.3 is 0 Å². The maximum absolute atomic E-state index is 12.1. The minimum absolute atomic E-state index is 0.102. The molecule has 2 unspecified atom stereocenters. The summed E-state index contributed by atoms with van der Waals surface area (Å²) in [7, 11) is 0.273. The van der Waals surface area contributed by atoms with Crippen molar-refractivity contribution in [3.8, 4) is 5.75 Å². The highest BCUT2D eigenvalue weighted by Gasteiger charge is 2.45.